The number of carbonyl (C=O) groups is 3. The van der Waals surface area contributed by atoms with E-state index in [0.717, 1.165) is 103 Å². The summed E-state index contributed by atoms with van der Waals surface area (Å²) in [5, 5.41) is 0. The zero-order valence-electron chi connectivity index (χ0n) is 39.3. The summed E-state index contributed by atoms with van der Waals surface area (Å²) >= 11 is 0. The average molecular weight is 860 g/mol. The molecule has 1 heterocycles. The van der Waals surface area contributed by atoms with Gasteiger partial charge in [-0.2, -0.15) is 0 Å². The maximum absolute atomic E-state index is 13.0. The third kappa shape index (κ3) is 36.3. The predicted octanol–water partition coefficient (Wildman–Crippen LogP) is 12.8. The summed E-state index contributed by atoms with van der Waals surface area (Å²) in [6, 6.07) is 0. The number of piperidine rings is 1. The fourth-order valence-corrected chi connectivity index (χ4v) is 6.95. The van der Waals surface area contributed by atoms with Crippen molar-refractivity contribution in [1.29, 1.82) is 0 Å². The fraction of sp³-hybridized carbons (Fsp3) is 0.784. The highest BCUT2D eigenvalue weighted by Gasteiger charge is 2.22. The Hall–Kier alpha value is -2.95. The van der Waals surface area contributed by atoms with Crippen LogP contribution in [0.4, 0.5) is 4.79 Å². The van der Waals surface area contributed by atoms with E-state index in [4.69, 9.17) is 28.4 Å². The first-order valence-corrected chi connectivity index (χ1v) is 24.6. The van der Waals surface area contributed by atoms with Gasteiger partial charge in [0.05, 0.1) is 32.2 Å². The standard InChI is InChI=1S/C51H89NO9/c1-5-9-12-15-18-19-20-21-22-23-24-25-26-27-30-35-48(53)58-43-47(45-61-51(55)60-42-46-34-33-38-52(8-4)41-46)44-59-49(54)36-37-50(56-39-31-28-16-13-10-6-2)57-40-32-29-17-14-11-7-3/h18-19,21-22,28-29,31-32,46-47,50H,5-17,20,23-27,30,33-45H2,1-4H3/b19-18-,22-21-,31-28-,32-29-. The Bertz CT molecular complexity index is 1140. The van der Waals surface area contributed by atoms with E-state index < -0.39 is 24.3 Å². The van der Waals surface area contributed by atoms with Gasteiger partial charge in [0.15, 0.2) is 6.29 Å². The SMILES string of the molecule is CCCCC/C=C\C/C=C\CCCCCCCC(=O)OCC(COC(=O)CCC(OC/C=C\CCCCC)OC/C=C\CCCCC)COC(=O)OCC1CCCN(CC)C1. The van der Waals surface area contributed by atoms with Gasteiger partial charge in [-0.15, -0.1) is 0 Å². The van der Waals surface area contributed by atoms with Crippen LogP contribution in [0, 0.1) is 11.8 Å². The molecule has 10 nitrogen and oxygen atoms in total. The van der Waals surface area contributed by atoms with Gasteiger partial charge in [-0.25, -0.2) is 4.79 Å². The lowest BCUT2D eigenvalue weighted by molar-refractivity contribution is -0.156. The molecule has 0 spiro atoms. The molecule has 0 aliphatic carbocycles. The van der Waals surface area contributed by atoms with Crippen LogP contribution in [0.5, 0.6) is 0 Å². The van der Waals surface area contributed by atoms with Gasteiger partial charge in [0.1, 0.15) is 19.8 Å². The minimum atomic E-state index is -0.766. The summed E-state index contributed by atoms with van der Waals surface area (Å²) in [6.45, 7) is 12.6. The molecule has 2 unspecified atom stereocenters. The van der Waals surface area contributed by atoms with Crippen molar-refractivity contribution >= 4 is 18.1 Å². The molecule has 1 saturated heterocycles. The van der Waals surface area contributed by atoms with Crippen molar-refractivity contribution in [2.24, 2.45) is 11.8 Å². The Kier molecular flexibility index (Phi) is 38.9. The van der Waals surface area contributed by atoms with Crippen LogP contribution in [0.25, 0.3) is 0 Å². The van der Waals surface area contributed by atoms with Crippen molar-refractivity contribution in [2.75, 3.05) is 59.3 Å². The van der Waals surface area contributed by atoms with Gasteiger partial charge >= 0.3 is 18.1 Å². The summed E-state index contributed by atoms with van der Waals surface area (Å²) < 4.78 is 34.1. The lowest BCUT2D eigenvalue weighted by atomic mass is 9.99. The number of esters is 2. The van der Waals surface area contributed by atoms with E-state index in [-0.39, 0.29) is 38.1 Å². The molecular weight excluding hydrogens is 771 g/mol. The minimum absolute atomic E-state index is 0.0300. The van der Waals surface area contributed by atoms with Crippen molar-refractivity contribution in [2.45, 2.75) is 188 Å². The van der Waals surface area contributed by atoms with Crippen LogP contribution in [0.2, 0.25) is 0 Å². The third-order valence-electron chi connectivity index (χ3n) is 10.8. The quantitative estimate of drug-likeness (QED) is 0.0194. The summed E-state index contributed by atoms with van der Waals surface area (Å²) in [4.78, 5) is 40.6. The predicted molar refractivity (Wildman–Crippen MR) is 248 cm³/mol. The highest BCUT2D eigenvalue weighted by atomic mass is 16.7. The number of rotatable bonds is 40. The second-order valence-corrected chi connectivity index (χ2v) is 16.6. The second-order valence-electron chi connectivity index (χ2n) is 16.6. The minimum Gasteiger partial charge on any atom is -0.465 e. The molecular formula is C51H89NO9. The Morgan fingerprint density at radius 1 is 0.574 bits per heavy atom. The number of hydrogen-bond donors (Lipinski definition) is 0. The molecule has 0 N–H and O–H groups in total. The molecule has 0 radical (unpaired) electrons. The van der Waals surface area contributed by atoms with Crippen molar-refractivity contribution in [3.8, 4) is 0 Å². The van der Waals surface area contributed by atoms with Gasteiger partial charge in [-0.05, 0) is 90.1 Å². The third-order valence-corrected chi connectivity index (χ3v) is 10.8. The largest absolute Gasteiger partial charge is 0.508 e. The van der Waals surface area contributed by atoms with Crippen LogP contribution in [0.3, 0.4) is 0 Å². The molecule has 61 heavy (non-hydrogen) atoms. The lowest BCUT2D eigenvalue weighted by Gasteiger charge is -2.31. The van der Waals surface area contributed by atoms with Crippen LogP contribution >= 0.6 is 0 Å². The van der Waals surface area contributed by atoms with Crippen LogP contribution < -0.4 is 0 Å². The van der Waals surface area contributed by atoms with Gasteiger partial charge in [0.25, 0.3) is 0 Å². The number of allylic oxidation sites excluding steroid dienone is 6. The first-order valence-electron chi connectivity index (χ1n) is 24.6. The molecule has 0 amide bonds. The van der Waals surface area contributed by atoms with Crippen LogP contribution in [-0.2, 0) is 38.0 Å². The van der Waals surface area contributed by atoms with E-state index in [2.05, 4.69) is 69.1 Å². The van der Waals surface area contributed by atoms with E-state index in [1.807, 2.05) is 12.2 Å². The molecule has 0 aromatic rings. The van der Waals surface area contributed by atoms with Gasteiger partial charge < -0.3 is 33.3 Å². The molecule has 0 saturated carbocycles. The Labute approximate surface area is 372 Å². The van der Waals surface area contributed by atoms with Gasteiger partial charge in [-0.3, -0.25) is 9.59 Å². The zero-order valence-corrected chi connectivity index (χ0v) is 39.3. The molecule has 1 aliphatic rings. The molecule has 1 fully saturated rings. The molecule has 0 aromatic heterocycles. The monoisotopic (exact) mass is 860 g/mol. The van der Waals surface area contributed by atoms with Crippen molar-refractivity contribution in [3.05, 3.63) is 48.6 Å². The van der Waals surface area contributed by atoms with E-state index in [9.17, 15) is 14.4 Å². The maximum atomic E-state index is 13.0. The summed E-state index contributed by atoms with van der Waals surface area (Å²) in [5.41, 5.74) is 0. The first kappa shape index (κ1) is 56.1. The highest BCUT2D eigenvalue weighted by Crippen LogP contribution is 2.17. The number of likely N-dealkylation sites (tertiary alicyclic amines) is 1. The molecule has 1 aliphatic heterocycles. The summed E-state index contributed by atoms with van der Waals surface area (Å²) in [5.74, 6) is -0.995. The lowest BCUT2D eigenvalue weighted by Crippen LogP contribution is -2.37. The Morgan fingerprint density at radius 3 is 1.66 bits per heavy atom. The molecule has 352 valence electrons. The first-order chi connectivity index (χ1) is 29.9. The van der Waals surface area contributed by atoms with Crippen LogP contribution in [0.1, 0.15) is 182 Å². The van der Waals surface area contributed by atoms with Crippen LogP contribution in [0.15, 0.2) is 48.6 Å². The number of unbranched alkanes of at least 4 members (excludes halogenated alkanes) is 14. The van der Waals surface area contributed by atoms with Crippen molar-refractivity contribution in [3.63, 3.8) is 0 Å². The Morgan fingerprint density at radius 2 is 1.08 bits per heavy atom. The average Bonchev–Trinajstić information content (AvgIpc) is 3.27. The van der Waals surface area contributed by atoms with E-state index in [0.29, 0.717) is 32.7 Å². The van der Waals surface area contributed by atoms with E-state index in [1.165, 1.54) is 51.4 Å². The van der Waals surface area contributed by atoms with Gasteiger partial charge in [-0.1, -0.05) is 134 Å². The van der Waals surface area contributed by atoms with E-state index in [1.54, 1.807) is 0 Å². The topological polar surface area (TPSA) is 110 Å². The molecule has 10 heteroatoms. The van der Waals surface area contributed by atoms with E-state index >= 15 is 0 Å². The fourth-order valence-electron chi connectivity index (χ4n) is 6.95. The number of nitrogens with zero attached hydrogens (tertiary/aromatic N) is 1. The Balaban J connectivity index is 2.58. The van der Waals surface area contributed by atoms with Crippen molar-refractivity contribution < 1.29 is 42.8 Å². The molecule has 2 atom stereocenters. The molecule has 0 aromatic carbocycles. The smallest absolute Gasteiger partial charge is 0.465 e. The van der Waals surface area contributed by atoms with Crippen molar-refractivity contribution in [1.82, 2.24) is 4.90 Å². The van der Waals surface area contributed by atoms with Gasteiger partial charge in [0, 0.05) is 25.3 Å². The number of ether oxygens (including phenoxy) is 6. The molecule has 0 bridgehead atoms. The maximum Gasteiger partial charge on any atom is 0.508 e. The normalized spacial score (nSPS) is 15.5. The van der Waals surface area contributed by atoms with Crippen LogP contribution in [-0.4, -0.2) is 88.6 Å². The molecule has 1 rings (SSSR count). The zero-order chi connectivity index (χ0) is 44.3. The number of carbonyl (C=O) groups excluding carboxylic acids is 3. The second kappa shape index (κ2) is 42.4. The van der Waals surface area contributed by atoms with Gasteiger partial charge in [0.2, 0.25) is 0 Å². The summed E-state index contributed by atoms with van der Waals surface area (Å²) in [7, 11) is 0. The highest BCUT2D eigenvalue weighted by molar-refractivity contribution is 5.69. The summed E-state index contributed by atoms with van der Waals surface area (Å²) in [6.07, 6.45) is 40.2. The number of hydrogen-bond acceptors (Lipinski definition) is 10.